The summed E-state index contributed by atoms with van der Waals surface area (Å²) in [6.07, 6.45) is 0. The van der Waals surface area contributed by atoms with Crippen molar-refractivity contribution >= 4 is 16.8 Å². The zero-order valence-corrected chi connectivity index (χ0v) is 10.3. The van der Waals surface area contributed by atoms with E-state index >= 15 is 0 Å². The molecule has 7 heteroatoms. The fourth-order valence-corrected chi connectivity index (χ4v) is 1.83. The van der Waals surface area contributed by atoms with E-state index in [-0.39, 0.29) is 10.6 Å². The van der Waals surface area contributed by atoms with Gasteiger partial charge in [0.15, 0.2) is 0 Å². The third-order valence-electron chi connectivity index (χ3n) is 2.29. The van der Waals surface area contributed by atoms with Gasteiger partial charge in [-0.05, 0) is 35.3 Å². The van der Waals surface area contributed by atoms with Gasteiger partial charge in [0.1, 0.15) is 5.75 Å². The number of benzene rings is 2. The van der Waals surface area contributed by atoms with Crippen LogP contribution in [0.15, 0.2) is 53.4 Å². The summed E-state index contributed by atoms with van der Waals surface area (Å²) in [6.45, 7) is 0. The van der Waals surface area contributed by atoms with E-state index in [9.17, 15) is 18.9 Å². The van der Waals surface area contributed by atoms with Gasteiger partial charge in [-0.1, -0.05) is 18.2 Å². The van der Waals surface area contributed by atoms with Crippen molar-refractivity contribution in [3.63, 3.8) is 0 Å². The molecule has 0 aliphatic heterocycles. The molecule has 0 heterocycles. The molecule has 0 saturated heterocycles. The predicted octanol–water partition coefficient (Wildman–Crippen LogP) is 2.63. The van der Waals surface area contributed by atoms with Gasteiger partial charge in [-0.2, -0.15) is 0 Å². The largest absolute Gasteiger partial charge is 0.768 e. The number of rotatable bonds is 4. The Labute approximate surface area is 111 Å². The lowest BCUT2D eigenvalue weighted by Crippen LogP contribution is -1.96. The van der Waals surface area contributed by atoms with Crippen LogP contribution < -0.4 is 4.74 Å². The van der Waals surface area contributed by atoms with E-state index in [2.05, 4.69) is 0 Å². The molecule has 0 aromatic heterocycles. The average molecular weight is 278 g/mol. The van der Waals surface area contributed by atoms with Crippen LogP contribution in [0.2, 0.25) is 0 Å². The van der Waals surface area contributed by atoms with Crippen LogP contribution in [-0.4, -0.2) is 13.7 Å². The Morgan fingerprint density at radius 3 is 2.37 bits per heavy atom. The normalized spacial score (nSPS) is 11.8. The van der Waals surface area contributed by atoms with Crippen molar-refractivity contribution in [1.82, 2.24) is 0 Å². The van der Waals surface area contributed by atoms with E-state index < -0.39 is 21.7 Å². The van der Waals surface area contributed by atoms with Crippen LogP contribution >= 0.6 is 0 Å². The third kappa shape index (κ3) is 3.15. The lowest BCUT2D eigenvalue weighted by molar-refractivity contribution is -0.385. The molecule has 0 fully saturated rings. The van der Waals surface area contributed by atoms with Crippen molar-refractivity contribution in [3.05, 3.63) is 58.6 Å². The highest BCUT2D eigenvalue weighted by Crippen LogP contribution is 2.32. The first-order valence-electron chi connectivity index (χ1n) is 5.18. The first-order valence-corrected chi connectivity index (χ1v) is 6.26. The first kappa shape index (κ1) is 13.2. The number of nitrogens with zero attached hydrogens (tertiary/aromatic N) is 1. The second-order valence-electron chi connectivity index (χ2n) is 3.54. The number of hydrogen-bond acceptors (Lipinski definition) is 5. The van der Waals surface area contributed by atoms with Crippen LogP contribution in [0.5, 0.6) is 11.5 Å². The molecule has 98 valence electrons. The molecule has 0 saturated carbocycles. The Hall–Kier alpha value is -2.25. The number of ether oxygens (including phenoxy) is 1. The maximum Gasteiger partial charge on any atom is 0.312 e. The minimum Gasteiger partial charge on any atom is -0.768 e. The van der Waals surface area contributed by atoms with Crippen LogP contribution in [0.4, 0.5) is 5.69 Å². The average Bonchev–Trinajstić information content (AvgIpc) is 2.39. The number of para-hydroxylation sites is 1. The molecule has 2 aromatic carbocycles. The fourth-order valence-electron chi connectivity index (χ4n) is 1.45. The molecule has 2 rings (SSSR count). The lowest BCUT2D eigenvalue weighted by Gasteiger charge is -2.09. The minimum absolute atomic E-state index is 0.00889. The summed E-state index contributed by atoms with van der Waals surface area (Å²) in [4.78, 5) is 10.1. The van der Waals surface area contributed by atoms with E-state index in [1.807, 2.05) is 0 Å². The molecular weight excluding hydrogens is 270 g/mol. The summed E-state index contributed by atoms with van der Waals surface area (Å²) >= 11 is -2.52. The van der Waals surface area contributed by atoms with E-state index in [4.69, 9.17) is 4.74 Å². The first-order chi connectivity index (χ1) is 9.08. The zero-order valence-electron chi connectivity index (χ0n) is 9.52. The quantitative estimate of drug-likeness (QED) is 0.487. The van der Waals surface area contributed by atoms with Gasteiger partial charge in [-0.25, -0.2) is 0 Å². The molecule has 0 aliphatic carbocycles. The van der Waals surface area contributed by atoms with Crippen LogP contribution in [-0.2, 0) is 11.1 Å². The third-order valence-corrected chi connectivity index (χ3v) is 2.93. The van der Waals surface area contributed by atoms with Crippen LogP contribution in [0.3, 0.4) is 0 Å². The molecule has 1 atom stereocenters. The predicted molar refractivity (Wildman–Crippen MR) is 66.8 cm³/mol. The van der Waals surface area contributed by atoms with Gasteiger partial charge < -0.3 is 9.29 Å². The van der Waals surface area contributed by atoms with Gasteiger partial charge in [0.2, 0.25) is 5.75 Å². The molecule has 0 amide bonds. The number of nitro groups is 1. The van der Waals surface area contributed by atoms with Gasteiger partial charge in [-0.3, -0.25) is 14.3 Å². The van der Waals surface area contributed by atoms with Crippen molar-refractivity contribution in [3.8, 4) is 11.5 Å². The van der Waals surface area contributed by atoms with E-state index in [0.717, 1.165) is 6.07 Å². The second-order valence-corrected chi connectivity index (χ2v) is 4.48. The monoisotopic (exact) mass is 278 g/mol. The van der Waals surface area contributed by atoms with Crippen LogP contribution in [0, 0.1) is 10.1 Å². The van der Waals surface area contributed by atoms with Gasteiger partial charge in [0.25, 0.3) is 0 Å². The Balaban J connectivity index is 2.40. The van der Waals surface area contributed by atoms with Gasteiger partial charge in [-0.15, -0.1) is 0 Å². The highest BCUT2D eigenvalue weighted by Gasteiger charge is 2.17. The second kappa shape index (κ2) is 5.59. The summed E-state index contributed by atoms with van der Waals surface area (Å²) in [7, 11) is 0. The molecule has 19 heavy (non-hydrogen) atoms. The summed E-state index contributed by atoms with van der Waals surface area (Å²) in [5, 5.41) is 10.9. The van der Waals surface area contributed by atoms with E-state index in [1.165, 1.54) is 12.1 Å². The molecule has 0 bridgehead atoms. The van der Waals surface area contributed by atoms with Crippen molar-refractivity contribution in [1.29, 1.82) is 0 Å². The lowest BCUT2D eigenvalue weighted by atomic mass is 10.3. The maximum atomic E-state index is 10.9. The Bertz CT molecular complexity index is 629. The Morgan fingerprint density at radius 2 is 1.79 bits per heavy atom. The van der Waals surface area contributed by atoms with Gasteiger partial charge >= 0.3 is 5.69 Å². The van der Waals surface area contributed by atoms with Crippen molar-refractivity contribution in [2.75, 3.05) is 0 Å². The number of nitro benzene ring substituents is 1. The molecule has 0 radical (unpaired) electrons. The SMILES string of the molecule is O=[N+]([O-])c1cc(S(=O)[O-])ccc1Oc1ccccc1. The van der Waals surface area contributed by atoms with E-state index in [0.29, 0.717) is 5.75 Å². The fraction of sp³-hybridized carbons (Fsp3) is 0. The summed E-state index contributed by atoms with van der Waals surface area (Å²) in [6, 6.07) is 12.0. The minimum atomic E-state index is -2.52. The maximum absolute atomic E-state index is 10.9. The van der Waals surface area contributed by atoms with Gasteiger partial charge in [0.05, 0.1) is 4.92 Å². The summed E-state index contributed by atoms with van der Waals surface area (Å²) < 4.78 is 26.9. The molecule has 0 spiro atoms. The standard InChI is InChI=1S/C12H9NO5S/c14-13(15)11-8-10(19(16)17)6-7-12(11)18-9-4-2-1-3-5-9/h1-8H,(H,16,17)/p-1. The molecule has 1 unspecified atom stereocenters. The van der Waals surface area contributed by atoms with Gasteiger partial charge in [0, 0.05) is 11.0 Å². The summed E-state index contributed by atoms with van der Waals surface area (Å²) in [5.41, 5.74) is -0.398. The Morgan fingerprint density at radius 1 is 1.11 bits per heavy atom. The molecular formula is C12H8NO5S-. The zero-order chi connectivity index (χ0) is 13.8. The van der Waals surface area contributed by atoms with Crippen molar-refractivity contribution < 1.29 is 18.4 Å². The highest BCUT2D eigenvalue weighted by atomic mass is 32.2. The van der Waals surface area contributed by atoms with Crippen molar-refractivity contribution in [2.45, 2.75) is 4.90 Å². The van der Waals surface area contributed by atoms with E-state index in [1.54, 1.807) is 30.3 Å². The molecule has 6 nitrogen and oxygen atoms in total. The molecule has 2 aromatic rings. The smallest absolute Gasteiger partial charge is 0.312 e. The van der Waals surface area contributed by atoms with Crippen molar-refractivity contribution in [2.24, 2.45) is 0 Å². The van der Waals surface area contributed by atoms with Crippen LogP contribution in [0.1, 0.15) is 0 Å². The number of hydrogen-bond donors (Lipinski definition) is 0. The highest BCUT2D eigenvalue weighted by molar-refractivity contribution is 7.79. The molecule has 0 aliphatic rings. The van der Waals surface area contributed by atoms with Crippen LogP contribution in [0.25, 0.3) is 0 Å². The molecule has 0 N–H and O–H groups in total. The topological polar surface area (TPSA) is 92.5 Å². The summed E-state index contributed by atoms with van der Waals surface area (Å²) in [5.74, 6) is 0.423. The Kier molecular flexibility index (Phi) is 3.88.